The lowest BCUT2D eigenvalue weighted by Crippen LogP contribution is -2.61. The molecule has 28 heavy (non-hydrogen) atoms. The van der Waals surface area contributed by atoms with Gasteiger partial charge in [-0.25, -0.2) is 0 Å². The molecule has 0 spiro atoms. The standard InChI is InChI=1S/C17H18F3N3O5/c18-17(19,20)16(25)13-4-2-1-3-5-14(13)21-22(16)15(24)10-28-12-8-6-11(7-9-12)23(26)27/h6-9,13,25H,1-5,10H2/t13-,16-/m1/s1. The Kier molecular flexibility index (Phi) is 5.28. The van der Waals surface area contributed by atoms with E-state index in [1.807, 2.05) is 0 Å². The van der Waals surface area contributed by atoms with Gasteiger partial charge in [-0.1, -0.05) is 12.8 Å². The van der Waals surface area contributed by atoms with Crippen LogP contribution in [0.1, 0.15) is 32.1 Å². The van der Waals surface area contributed by atoms with Crippen molar-refractivity contribution in [3.63, 3.8) is 0 Å². The van der Waals surface area contributed by atoms with E-state index in [0.717, 1.165) is 18.6 Å². The Bertz CT molecular complexity index is 796. The quantitative estimate of drug-likeness (QED) is 0.617. The average molecular weight is 401 g/mol. The van der Waals surface area contributed by atoms with E-state index >= 15 is 0 Å². The summed E-state index contributed by atoms with van der Waals surface area (Å²) in [6, 6.07) is 4.72. The molecule has 2 aliphatic rings. The number of nitro benzene ring substituents is 1. The van der Waals surface area contributed by atoms with E-state index in [2.05, 4.69) is 5.10 Å². The molecule has 1 aliphatic heterocycles. The number of alkyl halides is 3. The lowest BCUT2D eigenvalue weighted by Gasteiger charge is -2.37. The Morgan fingerprint density at radius 3 is 2.61 bits per heavy atom. The molecule has 11 heteroatoms. The van der Waals surface area contributed by atoms with Crippen LogP contribution in [-0.4, -0.2) is 45.2 Å². The summed E-state index contributed by atoms with van der Waals surface area (Å²) in [5.41, 5.74) is -3.43. The highest BCUT2D eigenvalue weighted by Gasteiger charge is 2.68. The SMILES string of the molecule is O=C(COc1ccc([N+](=O)[O-])cc1)N1N=C2CCCCC[C@H]2[C@@]1(O)C(F)(F)F. The molecule has 0 radical (unpaired) electrons. The number of fused-ring (bicyclic) bond motifs is 1. The first-order valence-corrected chi connectivity index (χ1v) is 8.71. The maximum absolute atomic E-state index is 13.7. The summed E-state index contributed by atoms with van der Waals surface area (Å²) in [7, 11) is 0. The molecule has 1 N–H and O–H groups in total. The second-order valence-corrected chi connectivity index (χ2v) is 6.71. The predicted molar refractivity (Wildman–Crippen MR) is 90.5 cm³/mol. The predicted octanol–water partition coefficient (Wildman–Crippen LogP) is 3.00. The zero-order valence-electron chi connectivity index (χ0n) is 14.7. The van der Waals surface area contributed by atoms with Crippen LogP contribution >= 0.6 is 0 Å². The average Bonchev–Trinajstić information content (AvgIpc) is 2.79. The summed E-state index contributed by atoms with van der Waals surface area (Å²) in [4.78, 5) is 22.4. The van der Waals surface area contributed by atoms with Crippen LogP contribution in [0.5, 0.6) is 5.75 Å². The molecule has 0 bridgehead atoms. The van der Waals surface area contributed by atoms with Gasteiger partial charge in [-0.05, 0) is 31.4 Å². The highest BCUT2D eigenvalue weighted by atomic mass is 19.4. The van der Waals surface area contributed by atoms with E-state index in [9.17, 15) is 33.2 Å². The minimum absolute atomic E-state index is 0.0653. The van der Waals surface area contributed by atoms with Gasteiger partial charge < -0.3 is 9.84 Å². The number of ether oxygens (including phenoxy) is 1. The molecule has 2 atom stereocenters. The van der Waals surface area contributed by atoms with Crippen molar-refractivity contribution in [2.24, 2.45) is 11.0 Å². The Balaban J connectivity index is 1.77. The van der Waals surface area contributed by atoms with Gasteiger partial charge in [0.05, 0.1) is 10.8 Å². The number of nitro groups is 1. The smallest absolute Gasteiger partial charge is 0.439 e. The number of non-ortho nitro benzene ring substituents is 1. The fourth-order valence-corrected chi connectivity index (χ4v) is 3.51. The Hall–Kier alpha value is -2.69. The van der Waals surface area contributed by atoms with Crippen LogP contribution < -0.4 is 4.74 Å². The third-order valence-corrected chi connectivity index (χ3v) is 4.93. The van der Waals surface area contributed by atoms with Crippen molar-refractivity contribution in [3.8, 4) is 5.75 Å². The van der Waals surface area contributed by atoms with Crippen molar-refractivity contribution in [1.82, 2.24) is 5.01 Å². The van der Waals surface area contributed by atoms with E-state index in [1.165, 1.54) is 12.1 Å². The minimum Gasteiger partial charge on any atom is -0.484 e. The minimum atomic E-state index is -5.09. The maximum atomic E-state index is 13.7. The first-order valence-electron chi connectivity index (χ1n) is 8.71. The van der Waals surface area contributed by atoms with Crippen LogP contribution in [0.15, 0.2) is 29.4 Å². The fourth-order valence-electron chi connectivity index (χ4n) is 3.51. The van der Waals surface area contributed by atoms with Gasteiger partial charge in [0.1, 0.15) is 5.75 Å². The number of hydrazone groups is 1. The monoisotopic (exact) mass is 401 g/mol. The number of benzene rings is 1. The van der Waals surface area contributed by atoms with Crippen LogP contribution in [0.2, 0.25) is 0 Å². The normalized spacial score (nSPS) is 24.9. The zero-order valence-corrected chi connectivity index (χ0v) is 14.7. The third kappa shape index (κ3) is 3.53. The lowest BCUT2D eigenvalue weighted by molar-refractivity contribution is -0.384. The summed E-state index contributed by atoms with van der Waals surface area (Å²) in [6.45, 7) is -0.806. The number of rotatable bonds is 4. The lowest BCUT2D eigenvalue weighted by atomic mass is 9.87. The molecule has 1 heterocycles. The van der Waals surface area contributed by atoms with E-state index in [1.54, 1.807) is 0 Å². The van der Waals surface area contributed by atoms with E-state index in [-0.39, 0.29) is 35.0 Å². The van der Waals surface area contributed by atoms with Crippen LogP contribution in [0.4, 0.5) is 18.9 Å². The number of hydrogen-bond donors (Lipinski definition) is 1. The molecule has 1 aromatic rings. The maximum Gasteiger partial charge on any atom is 0.439 e. The Labute approximate surface area is 157 Å². The molecule has 1 amide bonds. The molecular formula is C17H18F3N3O5. The van der Waals surface area contributed by atoms with Crippen molar-refractivity contribution in [2.75, 3.05) is 6.61 Å². The zero-order chi connectivity index (χ0) is 20.5. The van der Waals surface area contributed by atoms with Crippen molar-refractivity contribution < 1.29 is 32.7 Å². The summed E-state index contributed by atoms with van der Waals surface area (Å²) in [5, 5.41) is 25.0. The summed E-state index contributed by atoms with van der Waals surface area (Å²) >= 11 is 0. The van der Waals surface area contributed by atoms with Gasteiger partial charge in [0.15, 0.2) is 6.61 Å². The number of nitrogens with zero attached hydrogens (tertiary/aromatic N) is 3. The van der Waals surface area contributed by atoms with Gasteiger partial charge in [-0.15, -0.1) is 0 Å². The van der Waals surface area contributed by atoms with Gasteiger partial charge in [0, 0.05) is 17.8 Å². The molecule has 1 aromatic carbocycles. The number of carbonyl (C=O) groups excluding carboxylic acids is 1. The van der Waals surface area contributed by atoms with Gasteiger partial charge in [-0.3, -0.25) is 14.9 Å². The molecule has 0 saturated heterocycles. The molecular weight excluding hydrogens is 383 g/mol. The van der Waals surface area contributed by atoms with E-state index < -0.39 is 35.3 Å². The fraction of sp³-hybridized carbons (Fsp3) is 0.529. The third-order valence-electron chi connectivity index (χ3n) is 4.93. The molecule has 0 aromatic heterocycles. The molecule has 1 fully saturated rings. The van der Waals surface area contributed by atoms with Crippen LogP contribution in [0.3, 0.4) is 0 Å². The van der Waals surface area contributed by atoms with Gasteiger partial charge in [0.2, 0.25) is 0 Å². The van der Waals surface area contributed by atoms with Crippen molar-refractivity contribution in [1.29, 1.82) is 0 Å². The number of hydrogen-bond acceptors (Lipinski definition) is 6. The van der Waals surface area contributed by atoms with Crippen LogP contribution in [0.25, 0.3) is 0 Å². The molecule has 1 saturated carbocycles. The first-order chi connectivity index (χ1) is 13.1. The molecule has 8 nitrogen and oxygen atoms in total. The second kappa shape index (κ2) is 7.38. The van der Waals surface area contributed by atoms with Gasteiger partial charge >= 0.3 is 6.18 Å². The molecule has 3 rings (SSSR count). The van der Waals surface area contributed by atoms with Crippen LogP contribution in [-0.2, 0) is 4.79 Å². The number of aliphatic hydroxyl groups is 1. The summed E-state index contributed by atoms with van der Waals surface area (Å²) in [5.74, 6) is -2.38. The first kappa shape index (κ1) is 20.1. The number of amides is 1. The molecule has 1 aliphatic carbocycles. The summed E-state index contributed by atoms with van der Waals surface area (Å²) in [6.07, 6.45) is -2.83. The second-order valence-electron chi connectivity index (χ2n) is 6.71. The van der Waals surface area contributed by atoms with Gasteiger partial charge in [0.25, 0.3) is 17.3 Å². The topological polar surface area (TPSA) is 105 Å². The van der Waals surface area contributed by atoms with Crippen molar-refractivity contribution >= 4 is 17.3 Å². The van der Waals surface area contributed by atoms with Gasteiger partial charge in [-0.2, -0.15) is 23.3 Å². The molecule has 0 unspecified atom stereocenters. The Morgan fingerprint density at radius 1 is 1.32 bits per heavy atom. The van der Waals surface area contributed by atoms with Crippen molar-refractivity contribution in [3.05, 3.63) is 34.4 Å². The number of carbonyl (C=O) groups is 1. The Morgan fingerprint density at radius 2 is 2.00 bits per heavy atom. The highest BCUT2D eigenvalue weighted by molar-refractivity contribution is 5.93. The van der Waals surface area contributed by atoms with E-state index in [0.29, 0.717) is 12.8 Å². The summed E-state index contributed by atoms with van der Waals surface area (Å²) < 4.78 is 46.3. The van der Waals surface area contributed by atoms with E-state index in [4.69, 9.17) is 4.74 Å². The molecule has 152 valence electrons. The largest absolute Gasteiger partial charge is 0.484 e. The number of halogens is 3. The highest BCUT2D eigenvalue weighted by Crippen LogP contribution is 2.47. The van der Waals surface area contributed by atoms with Crippen LogP contribution in [0, 0.1) is 16.0 Å². The van der Waals surface area contributed by atoms with Crippen molar-refractivity contribution in [2.45, 2.75) is 44.0 Å².